The zero-order valence-corrected chi connectivity index (χ0v) is 17.4. The summed E-state index contributed by atoms with van der Waals surface area (Å²) >= 11 is 1.72. The molecule has 29 heavy (non-hydrogen) atoms. The van der Waals surface area contributed by atoms with Gasteiger partial charge in [-0.05, 0) is 55.7 Å². The maximum Gasteiger partial charge on any atom is 0.255 e. The third-order valence-electron chi connectivity index (χ3n) is 5.54. The van der Waals surface area contributed by atoms with Crippen molar-refractivity contribution in [1.29, 1.82) is 0 Å². The molecule has 0 saturated carbocycles. The van der Waals surface area contributed by atoms with E-state index in [1.807, 2.05) is 41.3 Å². The van der Waals surface area contributed by atoms with Gasteiger partial charge in [0.1, 0.15) is 5.82 Å². The summed E-state index contributed by atoms with van der Waals surface area (Å²) in [5.74, 6) is 0.765. The molecule has 1 amide bonds. The highest BCUT2D eigenvalue weighted by atomic mass is 32.2. The van der Waals surface area contributed by atoms with Crippen LogP contribution >= 0.6 is 11.8 Å². The number of carbonyl (C=O) groups is 1. The number of benzene rings is 2. The Bertz CT molecular complexity index is 824. The van der Waals surface area contributed by atoms with E-state index in [0.29, 0.717) is 12.6 Å². The van der Waals surface area contributed by atoms with Crippen molar-refractivity contribution >= 4 is 23.4 Å². The molecule has 0 radical (unpaired) electrons. The molecule has 4 rings (SSSR count). The molecule has 6 heteroatoms. The van der Waals surface area contributed by atoms with E-state index >= 15 is 0 Å². The predicted octanol–water partition coefficient (Wildman–Crippen LogP) is 4.45. The maximum absolute atomic E-state index is 13.3. The van der Waals surface area contributed by atoms with Crippen LogP contribution in [0.25, 0.3) is 0 Å². The molecule has 154 valence electrons. The van der Waals surface area contributed by atoms with Gasteiger partial charge in [0.2, 0.25) is 0 Å². The fourth-order valence-electron chi connectivity index (χ4n) is 3.93. The lowest BCUT2D eigenvalue weighted by Crippen LogP contribution is -2.35. The van der Waals surface area contributed by atoms with Crippen molar-refractivity contribution in [1.82, 2.24) is 4.90 Å². The first-order chi connectivity index (χ1) is 14.2. The van der Waals surface area contributed by atoms with E-state index in [9.17, 15) is 9.18 Å². The summed E-state index contributed by atoms with van der Waals surface area (Å²) in [6, 6.07) is 14.5. The zero-order chi connectivity index (χ0) is 20.1. The fraction of sp³-hybridized carbons (Fsp3) is 0.435. The summed E-state index contributed by atoms with van der Waals surface area (Å²) in [5, 5.41) is 0. The van der Waals surface area contributed by atoms with Gasteiger partial charge in [-0.25, -0.2) is 4.39 Å². The molecule has 2 fully saturated rings. The molecule has 0 N–H and O–H groups in total. The number of hydrogen-bond donors (Lipinski definition) is 0. The second kappa shape index (κ2) is 9.63. The number of thioether (sulfide) groups is 1. The van der Waals surface area contributed by atoms with E-state index in [2.05, 4.69) is 4.90 Å². The van der Waals surface area contributed by atoms with Crippen LogP contribution in [-0.4, -0.2) is 55.4 Å². The van der Waals surface area contributed by atoms with Crippen molar-refractivity contribution in [2.24, 2.45) is 0 Å². The molecule has 2 aliphatic rings. The Labute approximate surface area is 176 Å². The number of halogens is 1. The lowest BCUT2D eigenvalue weighted by Gasteiger charge is -2.24. The van der Waals surface area contributed by atoms with Crippen LogP contribution in [0.3, 0.4) is 0 Å². The van der Waals surface area contributed by atoms with Crippen LogP contribution in [-0.2, 0) is 4.74 Å². The van der Waals surface area contributed by atoms with Crippen LogP contribution in [0.15, 0.2) is 53.4 Å². The lowest BCUT2D eigenvalue weighted by molar-refractivity contribution is 0.0763. The van der Waals surface area contributed by atoms with Crippen LogP contribution in [0, 0.1) is 5.82 Å². The molecule has 2 aromatic rings. The van der Waals surface area contributed by atoms with E-state index in [1.54, 1.807) is 11.8 Å². The standard InChI is InChI=1S/C23H27FN2O2S/c24-18-8-10-19(11-9-18)25-12-4-13-26(15-14-25)23(27)21-6-1-2-7-22(21)29-17-20-5-3-16-28-20/h1-2,6-11,20H,3-5,12-17H2. The summed E-state index contributed by atoms with van der Waals surface area (Å²) in [7, 11) is 0. The number of carbonyl (C=O) groups excluding carboxylic acids is 1. The Morgan fingerprint density at radius 2 is 1.86 bits per heavy atom. The summed E-state index contributed by atoms with van der Waals surface area (Å²) in [4.78, 5) is 18.5. The smallest absolute Gasteiger partial charge is 0.255 e. The second-order valence-electron chi connectivity index (χ2n) is 7.55. The quantitative estimate of drug-likeness (QED) is 0.677. The van der Waals surface area contributed by atoms with E-state index in [1.165, 1.54) is 12.1 Å². The minimum absolute atomic E-state index is 0.0985. The minimum Gasteiger partial charge on any atom is -0.377 e. The molecule has 0 bridgehead atoms. The molecular weight excluding hydrogens is 387 g/mol. The van der Waals surface area contributed by atoms with Crippen molar-refractivity contribution in [3.63, 3.8) is 0 Å². The summed E-state index contributed by atoms with van der Waals surface area (Å²) < 4.78 is 18.9. The average molecular weight is 415 g/mol. The Morgan fingerprint density at radius 3 is 2.66 bits per heavy atom. The van der Waals surface area contributed by atoms with Crippen LogP contribution < -0.4 is 4.90 Å². The van der Waals surface area contributed by atoms with Crippen LogP contribution in [0.5, 0.6) is 0 Å². The van der Waals surface area contributed by atoms with Crippen molar-refractivity contribution in [2.75, 3.05) is 43.4 Å². The molecule has 2 saturated heterocycles. The number of hydrogen-bond acceptors (Lipinski definition) is 4. The SMILES string of the molecule is O=C(c1ccccc1SCC1CCCO1)N1CCCN(c2ccc(F)cc2)CC1. The summed E-state index contributed by atoms with van der Waals surface area (Å²) in [6.07, 6.45) is 3.43. The third kappa shape index (κ3) is 5.11. The molecular formula is C23H27FN2O2S. The molecule has 4 nitrogen and oxygen atoms in total. The highest BCUT2D eigenvalue weighted by molar-refractivity contribution is 7.99. The molecule has 2 aromatic carbocycles. The second-order valence-corrected chi connectivity index (χ2v) is 8.61. The Balaban J connectivity index is 1.41. The van der Waals surface area contributed by atoms with Gasteiger partial charge in [-0.2, -0.15) is 0 Å². The summed E-state index contributed by atoms with van der Waals surface area (Å²) in [5.41, 5.74) is 1.79. The van der Waals surface area contributed by atoms with E-state index in [4.69, 9.17) is 4.74 Å². The number of rotatable bonds is 5. The molecule has 1 unspecified atom stereocenters. The molecule has 0 aromatic heterocycles. The van der Waals surface area contributed by atoms with Crippen molar-refractivity contribution in [3.8, 4) is 0 Å². The van der Waals surface area contributed by atoms with Crippen molar-refractivity contribution < 1.29 is 13.9 Å². The van der Waals surface area contributed by atoms with Crippen LogP contribution in [0.4, 0.5) is 10.1 Å². The monoisotopic (exact) mass is 414 g/mol. The normalized spacial score (nSPS) is 20.0. The van der Waals surface area contributed by atoms with Gasteiger partial charge in [-0.3, -0.25) is 4.79 Å². The molecule has 0 aliphatic carbocycles. The van der Waals surface area contributed by atoms with Gasteiger partial charge in [0.15, 0.2) is 0 Å². The van der Waals surface area contributed by atoms with Gasteiger partial charge < -0.3 is 14.5 Å². The highest BCUT2D eigenvalue weighted by Gasteiger charge is 2.23. The topological polar surface area (TPSA) is 32.8 Å². The number of ether oxygens (including phenoxy) is 1. The van der Waals surface area contributed by atoms with Gasteiger partial charge in [0.05, 0.1) is 11.7 Å². The van der Waals surface area contributed by atoms with E-state index in [0.717, 1.165) is 67.4 Å². The first-order valence-corrected chi connectivity index (χ1v) is 11.3. The van der Waals surface area contributed by atoms with Crippen molar-refractivity contribution in [3.05, 3.63) is 59.9 Å². The Morgan fingerprint density at radius 1 is 1.03 bits per heavy atom. The van der Waals surface area contributed by atoms with Gasteiger partial charge in [-0.15, -0.1) is 11.8 Å². The first kappa shape index (κ1) is 20.2. The summed E-state index contributed by atoms with van der Waals surface area (Å²) in [6.45, 7) is 3.87. The van der Waals surface area contributed by atoms with Gasteiger partial charge in [0.25, 0.3) is 5.91 Å². The number of amides is 1. The predicted molar refractivity (Wildman–Crippen MR) is 115 cm³/mol. The third-order valence-corrected chi connectivity index (χ3v) is 6.75. The maximum atomic E-state index is 13.3. The van der Waals surface area contributed by atoms with Gasteiger partial charge in [0, 0.05) is 49.1 Å². The average Bonchev–Trinajstić information content (AvgIpc) is 3.15. The highest BCUT2D eigenvalue weighted by Crippen LogP contribution is 2.28. The Kier molecular flexibility index (Phi) is 6.72. The van der Waals surface area contributed by atoms with Crippen LogP contribution in [0.2, 0.25) is 0 Å². The largest absolute Gasteiger partial charge is 0.377 e. The molecule has 2 aliphatic heterocycles. The minimum atomic E-state index is -0.225. The molecule has 2 heterocycles. The first-order valence-electron chi connectivity index (χ1n) is 10.3. The van der Waals surface area contributed by atoms with Gasteiger partial charge >= 0.3 is 0 Å². The lowest BCUT2D eigenvalue weighted by atomic mass is 10.2. The fourth-order valence-corrected chi connectivity index (χ4v) is 5.04. The Hall–Kier alpha value is -2.05. The van der Waals surface area contributed by atoms with E-state index < -0.39 is 0 Å². The molecule has 0 spiro atoms. The van der Waals surface area contributed by atoms with Crippen molar-refractivity contribution in [2.45, 2.75) is 30.3 Å². The van der Waals surface area contributed by atoms with E-state index in [-0.39, 0.29) is 11.7 Å². The van der Waals surface area contributed by atoms with Crippen LogP contribution in [0.1, 0.15) is 29.6 Å². The molecule has 1 atom stereocenters. The number of nitrogens with zero attached hydrogens (tertiary/aromatic N) is 2. The zero-order valence-electron chi connectivity index (χ0n) is 16.6. The number of anilines is 1. The van der Waals surface area contributed by atoms with Gasteiger partial charge in [-0.1, -0.05) is 12.1 Å².